The van der Waals surface area contributed by atoms with Crippen molar-refractivity contribution in [2.75, 3.05) is 19.5 Å². The summed E-state index contributed by atoms with van der Waals surface area (Å²) >= 11 is 0. The zero-order valence-electron chi connectivity index (χ0n) is 11.5. The molecule has 20 heavy (non-hydrogen) atoms. The minimum absolute atomic E-state index is 0.129. The van der Waals surface area contributed by atoms with E-state index >= 15 is 0 Å². The fourth-order valence-corrected chi connectivity index (χ4v) is 2.91. The van der Waals surface area contributed by atoms with E-state index in [0.29, 0.717) is 0 Å². The first-order valence-corrected chi connectivity index (χ1v) is 7.42. The largest absolute Gasteiger partial charge is 0.495 e. The number of nitrogen functional groups attached to an aromatic ring is 1. The van der Waals surface area contributed by atoms with Crippen LogP contribution in [0.3, 0.4) is 0 Å². The number of nitrogens with two attached hydrogens (primary N) is 1. The molecule has 3 N–H and O–H groups in total. The highest BCUT2D eigenvalue weighted by Gasteiger charge is 2.25. The van der Waals surface area contributed by atoms with Gasteiger partial charge in [0.1, 0.15) is 16.7 Å². The Hall–Kier alpha value is -1.80. The van der Waals surface area contributed by atoms with Gasteiger partial charge >= 0.3 is 5.97 Å². The summed E-state index contributed by atoms with van der Waals surface area (Å²) in [5.74, 6) is -0.512. The molecule has 0 spiro atoms. The molecule has 0 bridgehead atoms. The van der Waals surface area contributed by atoms with Crippen molar-refractivity contribution < 1.29 is 22.7 Å². The summed E-state index contributed by atoms with van der Waals surface area (Å²) in [4.78, 5) is 11.3. The number of ether oxygens (including phenoxy) is 2. The van der Waals surface area contributed by atoms with E-state index in [1.54, 1.807) is 6.92 Å². The van der Waals surface area contributed by atoms with Crippen molar-refractivity contribution in [3.63, 3.8) is 0 Å². The predicted molar refractivity (Wildman–Crippen MR) is 73.8 cm³/mol. The number of methoxy groups -OCH3 is 1. The van der Waals surface area contributed by atoms with Crippen LogP contribution in [0.25, 0.3) is 0 Å². The van der Waals surface area contributed by atoms with Gasteiger partial charge < -0.3 is 15.2 Å². The van der Waals surface area contributed by atoms with Crippen molar-refractivity contribution in [2.45, 2.75) is 24.8 Å². The predicted octanol–water partition coefficient (Wildman–Crippen LogP) is 0.507. The van der Waals surface area contributed by atoms with Crippen LogP contribution in [0.2, 0.25) is 0 Å². The lowest BCUT2D eigenvalue weighted by Crippen LogP contribution is -2.39. The number of hydrogen-bond acceptors (Lipinski definition) is 6. The summed E-state index contributed by atoms with van der Waals surface area (Å²) in [6.45, 7) is 3.21. The van der Waals surface area contributed by atoms with E-state index in [9.17, 15) is 13.2 Å². The number of rotatable bonds is 6. The van der Waals surface area contributed by atoms with Gasteiger partial charge in [-0.3, -0.25) is 4.79 Å². The highest BCUT2D eigenvalue weighted by Crippen LogP contribution is 2.25. The van der Waals surface area contributed by atoms with Crippen LogP contribution in [0.4, 0.5) is 5.69 Å². The Morgan fingerprint density at radius 2 is 2.10 bits per heavy atom. The molecule has 1 unspecified atom stereocenters. The maximum absolute atomic E-state index is 12.2. The summed E-state index contributed by atoms with van der Waals surface area (Å²) in [7, 11) is -2.60. The number of carbonyl (C=O) groups is 1. The molecule has 1 atom stereocenters. The molecule has 112 valence electrons. The Morgan fingerprint density at radius 1 is 1.45 bits per heavy atom. The molecule has 1 rings (SSSR count). The van der Waals surface area contributed by atoms with Gasteiger partial charge in [-0.1, -0.05) is 0 Å². The zero-order valence-corrected chi connectivity index (χ0v) is 12.4. The third-order valence-electron chi connectivity index (χ3n) is 2.45. The Bertz CT molecular complexity index is 586. The van der Waals surface area contributed by atoms with Crippen LogP contribution in [-0.2, 0) is 19.6 Å². The van der Waals surface area contributed by atoms with Crippen LogP contribution in [0.5, 0.6) is 5.75 Å². The molecule has 0 heterocycles. The number of hydrogen-bond donors (Lipinski definition) is 2. The maximum Gasteiger partial charge on any atom is 0.323 e. The lowest BCUT2D eigenvalue weighted by Gasteiger charge is -2.15. The van der Waals surface area contributed by atoms with E-state index < -0.39 is 22.0 Å². The van der Waals surface area contributed by atoms with E-state index in [1.165, 1.54) is 32.2 Å². The lowest BCUT2D eigenvalue weighted by molar-refractivity contribution is -0.144. The maximum atomic E-state index is 12.2. The van der Waals surface area contributed by atoms with Crippen molar-refractivity contribution in [3.8, 4) is 5.75 Å². The van der Waals surface area contributed by atoms with Gasteiger partial charge in [-0.05, 0) is 32.0 Å². The number of nitrogens with one attached hydrogen (secondary N) is 1. The van der Waals surface area contributed by atoms with Crippen LogP contribution in [-0.4, -0.2) is 34.1 Å². The summed E-state index contributed by atoms with van der Waals surface area (Å²) in [6.07, 6.45) is 0. The highest BCUT2D eigenvalue weighted by atomic mass is 32.2. The molecule has 0 amide bonds. The summed E-state index contributed by atoms with van der Waals surface area (Å²) in [5.41, 5.74) is 5.85. The van der Waals surface area contributed by atoms with Crippen LogP contribution < -0.4 is 15.2 Å². The Balaban J connectivity index is 3.05. The Kier molecular flexibility index (Phi) is 5.34. The van der Waals surface area contributed by atoms with Gasteiger partial charge in [0.2, 0.25) is 10.0 Å². The van der Waals surface area contributed by atoms with Crippen LogP contribution in [0.15, 0.2) is 23.1 Å². The van der Waals surface area contributed by atoms with Gasteiger partial charge in [-0.15, -0.1) is 0 Å². The first kappa shape index (κ1) is 16.3. The van der Waals surface area contributed by atoms with Crippen LogP contribution in [0, 0.1) is 0 Å². The fourth-order valence-electron chi connectivity index (χ4n) is 1.51. The van der Waals surface area contributed by atoms with Crippen molar-refractivity contribution in [1.82, 2.24) is 4.72 Å². The number of sulfonamides is 1. The third-order valence-corrected chi connectivity index (χ3v) is 4.01. The molecule has 1 aromatic rings. The monoisotopic (exact) mass is 302 g/mol. The first-order chi connectivity index (χ1) is 9.31. The lowest BCUT2D eigenvalue weighted by atomic mass is 10.3. The second-order valence-corrected chi connectivity index (χ2v) is 5.69. The normalized spacial score (nSPS) is 12.8. The molecule has 7 nitrogen and oxygen atoms in total. The summed E-state index contributed by atoms with van der Waals surface area (Å²) in [6, 6.07) is 3.22. The first-order valence-electron chi connectivity index (χ1n) is 5.94. The van der Waals surface area contributed by atoms with E-state index in [-0.39, 0.29) is 22.9 Å². The molecular weight excluding hydrogens is 284 g/mol. The molecule has 0 aliphatic rings. The second kappa shape index (κ2) is 6.58. The van der Waals surface area contributed by atoms with Crippen molar-refractivity contribution in [1.29, 1.82) is 0 Å². The standard InChI is InChI=1S/C12H18N2O5S/c1-4-19-12(15)8(2)14-20(16,17)11-7-9(13)5-6-10(11)18-3/h5-8,14H,4,13H2,1-3H3. The van der Waals surface area contributed by atoms with Crippen LogP contribution in [0.1, 0.15) is 13.8 Å². The van der Waals surface area contributed by atoms with E-state index in [2.05, 4.69) is 4.72 Å². The van der Waals surface area contributed by atoms with Crippen molar-refractivity contribution >= 4 is 21.7 Å². The minimum atomic E-state index is -3.94. The van der Waals surface area contributed by atoms with Gasteiger partial charge in [-0.25, -0.2) is 8.42 Å². The quantitative estimate of drug-likeness (QED) is 0.585. The topological polar surface area (TPSA) is 108 Å². The van der Waals surface area contributed by atoms with E-state index in [0.717, 1.165) is 0 Å². The van der Waals surface area contributed by atoms with Gasteiger partial charge in [0, 0.05) is 5.69 Å². The third kappa shape index (κ3) is 3.84. The molecule has 8 heteroatoms. The molecule has 0 aliphatic heterocycles. The van der Waals surface area contributed by atoms with Gasteiger partial charge in [0.25, 0.3) is 0 Å². The molecule has 0 saturated carbocycles. The van der Waals surface area contributed by atoms with E-state index in [4.69, 9.17) is 15.2 Å². The van der Waals surface area contributed by atoms with Gasteiger partial charge in [0.05, 0.1) is 13.7 Å². The molecular formula is C12H18N2O5S. The fraction of sp³-hybridized carbons (Fsp3) is 0.417. The summed E-state index contributed by atoms with van der Waals surface area (Å²) < 4.78 is 36.4. The van der Waals surface area contributed by atoms with Gasteiger partial charge in [-0.2, -0.15) is 4.72 Å². The molecule has 0 aliphatic carbocycles. The minimum Gasteiger partial charge on any atom is -0.495 e. The summed E-state index contributed by atoms with van der Waals surface area (Å²) in [5, 5.41) is 0. The number of esters is 1. The average Bonchev–Trinajstić information content (AvgIpc) is 2.38. The highest BCUT2D eigenvalue weighted by molar-refractivity contribution is 7.89. The number of benzene rings is 1. The Morgan fingerprint density at radius 3 is 2.65 bits per heavy atom. The van der Waals surface area contributed by atoms with Crippen molar-refractivity contribution in [2.24, 2.45) is 0 Å². The smallest absolute Gasteiger partial charge is 0.323 e. The van der Waals surface area contributed by atoms with E-state index in [1.807, 2.05) is 0 Å². The molecule has 0 saturated heterocycles. The molecule has 0 fully saturated rings. The number of anilines is 1. The molecule has 0 aromatic heterocycles. The van der Waals surface area contributed by atoms with Crippen LogP contribution >= 0.6 is 0 Å². The van der Waals surface area contributed by atoms with Crippen molar-refractivity contribution in [3.05, 3.63) is 18.2 Å². The zero-order chi connectivity index (χ0) is 15.3. The Labute approximate surface area is 118 Å². The molecule has 1 aromatic carbocycles. The number of carbonyl (C=O) groups excluding carboxylic acids is 1. The average molecular weight is 302 g/mol. The SMILES string of the molecule is CCOC(=O)C(C)NS(=O)(=O)c1cc(N)ccc1OC. The second-order valence-electron chi connectivity index (χ2n) is 4.01. The van der Waals surface area contributed by atoms with Gasteiger partial charge in [0.15, 0.2) is 0 Å². The molecule has 0 radical (unpaired) electrons.